The van der Waals surface area contributed by atoms with Crippen LogP contribution in [0.15, 0.2) is 28.7 Å². The van der Waals surface area contributed by atoms with E-state index in [-0.39, 0.29) is 12.1 Å². The zero-order valence-electron chi connectivity index (χ0n) is 14.3. The van der Waals surface area contributed by atoms with Gasteiger partial charge in [-0.05, 0) is 38.8 Å². The molecule has 24 heavy (non-hydrogen) atoms. The van der Waals surface area contributed by atoms with Crippen LogP contribution in [-0.2, 0) is 9.59 Å². The highest BCUT2D eigenvalue weighted by Gasteiger charge is 2.64. The molecule has 0 aliphatic carbocycles. The summed E-state index contributed by atoms with van der Waals surface area (Å²) in [5.74, 6) is -2.63. The van der Waals surface area contributed by atoms with Crippen LogP contribution in [0.25, 0.3) is 0 Å². The van der Waals surface area contributed by atoms with Gasteiger partial charge < -0.3 is 15.5 Å². The van der Waals surface area contributed by atoms with Crippen molar-refractivity contribution in [2.24, 2.45) is 10.8 Å². The van der Waals surface area contributed by atoms with Crippen molar-refractivity contribution >= 4 is 27.9 Å². The number of halogens is 1. The highest BCUT2D eigenvalue weighted by Crippen LogP contribution is 2.57. The Hall–Kier alpha value is -1.40. The molecule has 0 spiro atoms. The van der Waals surface area contributed by atoms with Crippen LogP contribution in [-0.4, -0.2) is 34.2 Å². The molecule has 0 saturated carbocycles. The van der Waals surface area contributed by atoms with E-state index in [0.29, 0.717) is 6.42 Å². The van der Waals surface area contributed by atoms with Crippen molar-refractivity contribution in [3.8, 4) is 0 Å². The zero-order chi connectivity index (χ0) is 18.3. The first kappa shape index (κ1) is 18.9. The fourth-order valence-corrected chi connectivity index (χ4v) is 4.83. The molecule has 5 nitrogen and oxygen atoms in total. The number of carboxylic acids is 2. The summed E-state index contributed by atoms with van der Waals surface area (Å²) in [6.07, 6.45) is 0.331. The van der Waals surface area contributed by atoms with Gasteiger partial charge in [0.1, 0.15) is 0 Å². The molecule has 5 unspecified atom stereocenters. The molecule has 2 rings (SSSR count). The molecule has 1 heterocycles. The average Bonchev–Trinajstić information content (AvgIpc) is 2.51. The first-order chi connectivity index (χ1) is 11.1. The van der Waals surface area contributed by atoms with Crippen LogP contribution >= 0.6 is 15.9 Å². The standard InChI is InChI=1S/C18H24BrNO4/c1-5-18(16(23)24)11(3)20-10(2)17(4,15(21)22)14(18)12-8-6-7-9-13(12)19/h6-11,14,20H,5H2,1-4H3,(H,21,22)(H,23,24). The van der Waals surface area contributed by atoms with E-state index in [1.807, 2.05) is 45.0 Å². The minimum Gasteiger partial charge on any atom is -0.481 e. The van der Waals surface area contributed by atoms with E-state index in [2.05, 4.69) is 21.2 Å². The third-order valence-corrected chi connectivity index (χ3v) is 6.67. The van der Waals surface area contributed by atoms with Gasteiger partial charge >= 0.3 is 11.9 Å². The molecule has 0 aromatic heterocycles. The maximum atomic E-state index is 12.4. The number of piperidine rings is 1. The number of rotatable bonds is 4. The minimum absolute atomic E-state index is 0.331. The predicted octanol–water partition coefficient (Wildman–Crippen LogP) is 3.48. The van der Waals surface area contributed by atoms with Gasteiger partial charge in [-0.2, -0.15) is 0 Å². The molecular weight excluding hydrogens is 374 g/mol. The number of carbonyl (C=O) groups is 2. The second kappa shape index (κ2) is 6.48. The monoisotopic (exact) mass is 397 g/mol. The maximum Gasteiger partial charge on any atom is 0.311 e. The zero-order valence-corrected chi connectivity index (χ0v) is 15.9. The Labute approximate surface area is 150 Å². The summed E-state index contributed by atoms with van der Waals surface area (Å²) in [4.78, 5) is 24.6. The molecule has 0 bridgehead atoms. The van der Waals surface area contributed by atoms with Crippen molar-refractivity contribution in [1.82, 2.24) is 5.32 Å². The van der Waals surface area contributed by atoms with Gasteiger partial charge in [0.25, 0.3) is 0 Å². The van der Waals surface area contributed by atoms with E-state index >= 15 is 0 Å². The molecule has 1 aromatic rings. The number of nitrogens with one attached hydrogen (secondary N) is 1. The average molecular weight is 398 g/mol. The lowest BCUT2D eigenvalue weighted by molar-refractivity contribution is -0.171. The molecule has 0 radical (unpaired) electrons. The Morgan fingerprint density at radius 1 is 1.17 bits per heavy atom. The Kier molecular flexibility index (Phi) is 5.11. The summed E-state index contributed by atoms with van der Waals surface area (Å²) in [5.41, 5.74) is -1.75. The number of benzene rings is 1. The Balaban J connectivity index is 2.85. The van der Waals surface area contributed by atoms with Crippen LogP contribution in [0.5, 0.6) is 0 Å². The first-order valence-corrected chi connectivity index (χ1v) is 8.90. The highest BCUT2D eigenvalue weighted by molar-refractivity contribution is 9.10. The SMILES string of the molecule is CCC1(C(=O)O)C(C)NC(C)C(C)(C(=O)O)C1c1ccccc1Br. The van der Waals surface area contributed by atoms with Crippen LogP contribution in [0.3, 0.4) is 0 Å². The van der Waals surface area contributed by atoms with E-state index in [0.717, 1.165) is 10.0 Å². The maximum absolute atomic E-state index is 12.4. The van der Waals surface area contributed by atoms with Crippen molar-refractivity contribution in [1.29, 1.82) is 0 Å². The quantitative estimate of drug-likeness (QED) is 0.723. The van der Waals surface area contributed by atoms with E-state index < -0.39 is 28.7 Å². The van der Waals surface area contributed by atoms with Crippen molar-refractivity contribution in [3.05, 3.63) is 34.3 Å². The molecule has 3 N–H and O–H groups in total. The number of hydrogen-bond donors (Lipinski definition) is 3. The molecule has 1 aliphatic heterocycles. The lowest BCUT2D eigenvalue weighted by Gasteiger charge is -2.56. The molecule has 1 aromatic carbocycles. The number of hydrogen-bond acceptors (Lipinski definition) is 3. The smallest absolute Gasteiger partial charge is 0.311 e. The molecule has 1 fully saturated rings. The lowest BCUT2D eigenvalue weighted by Crippen LogP contribution is -2.68. The summed E-state index contributed by atoms with van der Waals surface area (Å²) in [6, 6.07) is 6.59. The van der Waals surface area contributed by atoms with Gasteiger partial charge in [0.05, 0.1) is 10.8 Å². The number of carboxylic acid groups (broad SMARTS) is 2. The third-order valence-electron chi connectivity index (χ3n) is 5.95. The second-order valence-corrected chi connectivity index (χ2v) is 7.71. The minimum atomic E-state index is -1.26. The lowest BCUT2D eigenvalue weighted by atomic mass is 9.51. The van der Waals surface area contributed by atoms with Crippen LogP contribution in [0.4, 0.5) is 0 Å². The summed E-state index contributed by atoms with van der Waals surface area (Å²) >= 11 is 3.50. The highest BCUT2D eigenvalue weighted by atomic mass is 79.9. The van der Waals surface area contributed by atoms with Gasteiger partial charge in [-0.25, -0.2) is 0 Å². The largest absolute Gasteiger partial charge is 0.481 e. The normalized spacial score (nSPS) is 36.3. The van der Waals surface area contributed by atoms with Crippen LogP contribution in [0, 0.1) is 10.8 Å². The van der Waals surface area contributed by atoms with E-state index in [9.17, 15) is 19.8 Å². The van der Waals surface area contributed by atoms with E-state index in [4.69, 9.17) is 0 Å². The van der Waals surface area contributed by atoms with Gasteiger partial charge in [0, 0.05) is 22.5 Å². The van der Waals surface area contributed by atoms with Crippen LogP contribution in [0.2, 0.25) is 0 Å². The van der Waals surface area contributed by atoms with Crippen LogP contribution in [0.1, 0.15) is 45.6 Å². The number of aliphatic carboxylic acids is 2. The summed E-state index contributed by atoms with van der Waals surface area (Å²) < 4.78 is 0.739. The first-order valence-electron chi connectivity index (χ1n) is 8.11. The fraction of sp³-hybridized carbons (Fsp3) is 0.556. The Bertz CT molecular complexity index is 664. The molecule has 1 aliphatic rings. The van der Waals surface area contributed by atoms with Crippen molar-refractivity contribution in [2.75, 3.05) is 0 Å². The molecule has 0 amide bonds. The van der Waals surface area contributed by atoms with Crippen molar-refractivity contribution < 1.29 is 19.8 Å². The Morgan fingerprint density at radius 3 is 2.21 bits per heavy atom. The molecular formula is C18H24BrNO4. The summed E-state index contributed by atoms with van der Waals surface area (Å²) in [6.45, 7) is 7.11. The molecule has 5 atom stereocenters. The fourth-order valence-electron chi connectivity index (χ4n) is 4.32. The predicted molar refractivity (Wildman–Crippen MR) is 95.0 cm³/mol. The Morgan fingerprint density at radius 2 is 1.75 bits per heavy atom. The van der Waals surface area contributed by atoms with Gasteiger partial charge in [0.2, 0.25) is 0 Å². The van der Waals surface area contributed by atoms with E-state index in [1.54, 1.807) is 6.92 Å². The van der Waals surface area contributed by atoms with Gasteiger partial charge in [0.15, 0.2) is 0 Å². The summed E-state index contributed by atoms with van der Waals surface area (Å²) in [7, 11) is 0. The van der Waals surface area contributed by atoms with E-state index in [1.165, 1.54) is 0 Å². The van der Waals surface area contributed by atoms with Crippen LogP contribution < -0.4 is 5.32 Å². The van der Waals surface area contributed by atoms with Gasteiger partial charge in [-0.1, -0.05) is 41.1 Å². The second-order valence-electron chi connectivity index (χ2n) is 6.85. The molecule has 132 valence electrons. The third kappa shape index (κ3) is 2.47. The van der Waals surface area contributed by atoms with Gasteiger partial charge in [-0.15, -0.1) is 0 Å². The van der Waals surface area contributed by atoms with Gasteiger partial charge in [-0.3, -0.25) is 9.59 Å². The summed E-state index contributed by atoms with van der Waals surface area (Å²) in [5, 5.41) is 23.4. The molecule has 6 heteroatoms. The topological polar surface area (TPSA) is 86.6 Å². The van der Waals surface area contributed by atoms with Crippen molar-refractivity contribution in [3.63, 3.8) is 0 Å². The molecule has 1 saturated heterocycles. The van der Waals surface area contributed by atoms with Crippen molar-refractivity contribution in [2.45, 2.75) is 52.1 Å².